The maximum Gasteiger partial charge on any atom is 0.269 e. The predicted octanol–water partition coefficient (Wildman–Crippen LogP) is 2.98. The van der Waals surface area contributed by atoms with Gasteiger partial charge in [-0.15, -0.1) is 0 Å². The van der Waals surface area contributed by atoms with E-state index in [-0.39, 0.29) is 35.4 Å². The summed E-state index contributed by atoms with van der Waals surface area (Å²) in [5, 5.41) is 2.92. The second-order valence-corrected chi connectivity index (χ2v) is 9.48. The van der Waals surface area contributed by atoms with Crippen LogP contribution in [-0.2, 0) is 27.7 Å². The number of hydrogen-bond donors (Lipinski definition) is 1. The first kappa shape index (κ1) is 19.6. The molecule has 0 fully saturated rings. The van der Waals surface area contributed by atoms with Crippen LogP contribution in [0.15, 0.2) is 47.4 Å². The van der Waals surface area contributed by atoms with Gasteiger partial charge in [0, 0.05) is 13.0 Å². The van der Waals surface area contributed by atoms with Crippen molar-refractivity contribution in [2.75, 3.05) is 6.54 Å². The zero-order valence-corrected chi connectivity index (χ0v) is 17.2. The average molecular weight is 413 g/mol. The molecule has 2 aliphatic rings. The minimum Gasteiger partial charge on any atom is -0.350 e. The van der Waals surface area contributed by atoms with Crippen molar-refractivity contribution in [2.45, 2.75) is 50.0 Å². The van der Waals surface area contributed by atoms with E-state index < -0.39 is 15.9 Å². The maximum absolute atomic E-state index is 12.6. The molecule has 29 heavy (non-hydrogen) atoms. The summed E-state index contributed by atoms with van der Waals surface area (Å²) >= 11 is 0. The summed E-state index contributed by atoms with van der Waals surface area (Å²) in [5.41, 5.74) is 3.93. The summed E-state index contributed by atoms with van der Waals surface area (Å²) in [6.45, 7) is 1.74. The zero-order valence-electron chi connectivity index (χ0n) is 16.3. The van der Waals surface area contributed by atoms with Gasteiger partial charge in [0.15, 0.2) is 0 Å². The third kappa shape index (κ3) is 3.67. The van der Waals surface area contributed by atoms with Gasteiger partial charge in [0.25, 0.3) is 15.9 Å². The van der Waals surface area contributed by atoms with Gasteiger partial charge in [0.2, 0.25) is 5.91 Å². The molecule has 0 saturated carbocycles. The molecule has 0 bridgehead atoms. The van der Waals surface area contributed by atoms with Crippen LogP contribution in [0.25, 0.3) is 0 Å². The molecule has 1 aliphatic carbocycles. The van der Waals surface area contributed by atoms with E-state index in [1.165, 1.54) is 36.1 Å². The van der Waals surface area contributed by atoms with Gasteiger partial charge >= 0.3 is 0 Å². The third-order valence-electron chi connectivity index (χ3n) is 5.70. The molecule has 1 N–H and O–H groups in total. The first-order valence-electron chi connectivity index (χ1n) is 9.95. The van der Waals surface area contributed by atoms with Gasteiger partial charge in [0.05, 0.1) is 11.6 Å². The largest absolute Gasteiger partial charge is 0.350 e. The highest BCUT2D eigenvalue weighted by molar-refractivity contribution is 7.90. The minimum absolute atomic E-state index is 0.00726. The number of amides is 2. The Morgan fingerprint density at radius 3 is 2.59 bits per heavy atom. The standard InChI is InChI=1S/C22H24N2O4S/c1-15(17-11-10-16-6-2-3-7-18(16)14-17)23-21(25)12-13-24-22(26)19-8-4-5-9-20(19)29(24,27)28/h4-5,8-11,14-15H,2-3,6-7,12-13H2,1H3,(H,23,25). The van der Waals surface area contributed by atoms with Crippen molar-refractivity contribution in [1.29, 1.82) is 0 Å². The van der Waals surface area contributed by atoms with Crippen LogP contribution in [0.2, 0.25) is 0 Å². The second kappa shape index (κ2) is 7.63. The fraction of sp³-hybridized carbons (Fsp3) is 0.364. The molecule has 6 nitrogen and oxygen atoms in total. The number of hydrogen-bond acceptors (Lipinski definition) is 4. The normalized spacial score (nSPS) is 18.1. The van der Waals surface area contributed by atoms with Crippen molar-refractivity contribution in [3.05, 3.63) is 64.7 Å². The molecule has 4 rings (SSSR count). The SMILES string of the molecule is CC(NC(=O)CCN1C(=O)c2ccccc2S1(=O)=O)c1ccc2c(c1)CCCC2. The Labute approximate surface area is 171 Å². The third-order valence-corrected chi connectivity index (χ3v) is 7.54. The van der Waals surface area contributed by atoms with E-state index >= 15 is 0 Å². The summed E-state index contributed by atoms with van der Waals surface area (Å²) in [6.07, 6.45) is 4.52. The Balaban J connectivity index is 1.39. The van der Waals surface area contributed by atoms with Crippen molar-refractivity contribution >= 4 is 21.8 Å². The van der Waals surface area contributed by atoms with E-state index in [0.717, 1.165) is 22.7 Å². The molecule has 1 heterocycles. The smallest absolute Gasteiger partial charge is 0.269 e. The lowest BCUT2D eigenvalue weighted by atomic mass is 9.89. The first-order valence-corrected chi connectivity index (χ1v) is 11.4. The minimum atomic E-state index is -3.88. The van der Waals surface area contributed by atoms with Crippen molar-refractivity contribution in [3.63, 3.8) is 0 Å². The lowest BCUT2D eigenvalue weighted by molar-refractivity contribution is -0.121. The number of nitrogens with zero attached hydrogens (tertiary/aromatic N) is 1. The quantitative estimate of drug-likeness (QED) is 0.818. The van der Waals surface area contributed by atoms with Crippen LogP contribution < -0.4 is 5.32 Å². The van der Waals surface area contributed by atoms with E-state index in [9.17, 15) is 18.0 Å². The van der Waals surface area contributed by atoms with Crippen molar-refractivity contribution < 1.29 is 18.0 Å². The summed E-state index contributed by atoms with van der Waals surface area (Å²) in [4.78, 5) is 24.8. The van der Waals surface area contributed by atoms with E-state index in [1.807, 2.05) is 13.0 Å². The molecule has 1 unspecified atom stereocenters. The molecule has 152 valence electrons. The van der Waals surface area contributed by atoms with Crippen LogP contribution in [0.5, 0.6) is 0 Å². The predicted molar refractivity (Wildman–Crippen MR) is 109 cm³/mol. The number of rotatable bonds is 5. The molecular formula is C22H24N2O4S. The molecule has 2 amide bonds. The molecule has 2 aromatic carbocycles. The highest BCUT2D eigenvalue weighted by Gasteiger charge is 2.40. The summed E-state index contributed by atoms with van der Waals surface area (Å²) in [7, 11) is -3.88. The molecule has 0 spiro atoms. The molecule has 7 heteroatoms. The van der Waals surface area contributed by atoms with Gasteiger partial charge in [-0.25, -0.2) is 12.7 Å². The number of benzene rings is 2. The first-order chi connectivity index (χ1) is 13.9. The van der Waals surface area contributed by atoms with Gasteiger partial charge in [-0.3, -0.25) is 9.59 Å². The summed E-state index contributed by atoms with van der Waals surface area (Å²) in [6, 6.07) is 12.3. The topological polar surface area (TPSA) is 83.6 Å². The highest BCUT2D eigenvalue weighted by atomic mass is 32.2. The van der Waals surface area contributed by atoms with E-state index in [1.54, 1.807) is 12.1 Å². The van der Waals surface area contributed by atoms with E-state index in [0.29, 0.717) is 0 Å². The molecule has 0 saturated heterocycles. The Kier molecular flexibility index (Phi) is 5.17. The molecule has 0 aromatic heterocycles. The van der Waals surface area contributed by atoms with Gasteiger partial charge in [-0.1, -0.05) is 30.3 Å². The van der Waals surface area contributed by atoms with Crippen LogP contribution in [0.1, 0.15) is 59.3 Å². The number of fused-ring (bicyclic) bond motifs is 2. The van der Waals surface area contributed by atoms with Crippen LogP contribution in [0, 0.1) is 0 Å². The summed E-state index contributed by atoms with van der Waals surface area (Å²) < 4.78 is 25.9. The van der Waals surface area contributed by atoms with Crippen molar-refractivity contribution in [3.8, 4) is 0 Å². The lowest BCUT2D eigenvalue weighted by Gasteiger charge is -2.20. The Morgan fingerprint density at radius 2 is 1.83 bits per heavy atom. The van der Waals surface area contributed by atoms with E-state index in [2.05, 4.69) is 17.4 Å². The monoisotopic (exact) mass is 412 g/mol. The van der Waals surface area contributed by atoms with Gasteiger partial charge < -0.3 is 5.32 Å². The Morgan fingerprint density at radius 1 is 1.10 bits per heavy atom. The highest BCUT2D eigenvalue weighted by Crippen LogP contribution is 2.30. The van der Waals surface area contributed by atoms with E-state index in [4.69, 9.17) is 0 Å². The van der Waals surface area contributed by atoms with Gasteiger partial charge in [-0.05, 0) is 61.4 Å². The molecular weight excluding hydrogens is 388 g/mol. The van der Waals surface area contributed by atoms with Crippen LogP contribution >= 0.6 is 0 Å². The fourth-order valence-corrected chi connectivity index (χ4v) is 5.64. The molecule has 1 aliphatic heterocycles. The number of aryl methyl sites for hydroxylation is 2. The Bertz CT molecular complexity index is 1080. The number of carbonyl (C=O) groups excluding carboxylic acids is 2. The Hall–Kier alpha value is -2.67. The number of sulfonamides is 1. The van der Waals surface area contributed by atoms with Crippen LogP contribution in [0.4, 0.5) is 0 Å². The van der Waals surface area contributed by atoms with Crippen LogP contribution in [0.3, 0.4) is 0 Å². The number of nitrogens with one attached hydrogen (secondary N) is 1. The van der Waals surface area contributed by atoms with Gasteiger partial charge in [0.1, 0.15) is 4.90 Å². The molecule has 2 aromatic rings. The molecule has 0 radical (unpaired) electrons. The average Bonchev–Trinajstić information content (AvgIpc) is 2.92. The zero-order chi connectivity index (χ0) is 20.6. The van der Waals surface area contributed by atoms with Crippen molar-refractivity contribution in [2.24, 2.45) is 0 Å². The van der Waals surface area contributed by atoms with Gasteiger partial charge in [-0.2, -0.15) is 0 Å². The molecule has 1 atom stereocenters. The van der Waals surface area contributed by atoms with Crippen LogP contribution in [-0.4, -0.2) is 31.1 Å². The lowest BCUT2D eigenvalue weighted by Crippen LogP contribution is -2.35. The number of carbonyl (C=O) groups is 2. The fourth-order valence-electron chi connectivity index (χ4n) is 4.07. The maximum atomic E-state index is 12.6. The summed E-state index contributed by atoms with van der Waals surface area (Å²) in [5.74, 6) is -0.856. The second-order valence-electron chi connectivity index (χ2n) is 7.65. The van der Waals surface area contributed by atoms with Crippen molar-refractivity contribution in [1.82, 2.24) is 9.62 Å².